The van der Waals surface area contributed by atoms with Crippen molar-refractivity contribution in [3.05, 3.63) is 125 Å². The van der Waals surface area contributed by atoms with E-state index in [2.05, 4.69) is 30.5 Å². The second-order valence-corrected chi connectivity index (χ2v) is 10.2. The van der Waals surface area contributed by atoms with Gasteiger partial charge in [-0.3, -0.25) is 4.79 Å². The number of carbonyl (C=O) groups is 1. The molecule has 0 saturated heterocycles. The summed E-state index contributed by atoms with van der Waals surface area (Å²) < 4.78 is 36.2. The molecule has 0 bridgehead atoms. The summed E-state index contributed by atoms with van der Waals surface area (Å²) in [6.45, 7) is 0.390. The van der Waals surface area contributed by atoms with E-state index >= 15 is 0 Å². The highest BCUT2D eigenvalue weighted by Crippen LogP contribution is 2.30. The highest BCUT2D eigenvalue weighted by molar-refractivity contribution is 6.35. The van der Waals surface area contributed by atoms with Crippen LogP contribution in [0.1, 0.15) is 22.0 Å². The van der Waals surface area contributed by atoms with Crippen molar-refractivity contribution < 1.29 is 18.0 Å². The summed E-state index contributed by atoms with van der Waals surface area (Å²) in [5, 5.41) is 12.0. The number of hydrogen-bond acceptors (Lipinski definition) is 7. The fourth-order valence-corrected chi connectivity index (χ4v) is 4.99. The van der Waals surface area contributed by atoms with Gasteiger partial charge in [0.15, 0.2) is 5.82 Å². The normalized spacial score (nSPS) is 11.8. The molecule has 1 atom stereocenters. The van der Waals surface area contributed by atoms with E-state index in [1.165, 1.54) is 18.5 Å². The van der Waals surface area contributed by atoms with Crippen LogP contribution in [-0.2, 0) is 6.54 Å². The van der Waals surface area contributed by atoms with E-state index in [1.807, 2.05) is 4.57 Å². The van der Waals surface area contributed by atoms with Gasteiger partial charge < -0.3 is 14.3 Å². The van der Waals surface area contributed by atoms with Gasteiger partial charge in [-0.15, -0.1) is 10.2 Å². The first-order chi connectivity index (χ1) is 20.8. The van der Waals surface area contributed by atoms with Crippen LogP contribution in [0.2, 0.25) is 10.0 Å². The number of nitrogens with one attached hydrogen (secondary N) is 1. The molecule has 0 spiro atoms. The minimum Gasteiger partial charge on any atom is -0.416 e. The molecule has 1 N–H and O–H groups in total. The summed E-state index contributed by atoms with van der Waals surface area (Å²) in [6.07, 6.45) is 7.25. The lowest BCUT2D eigenvalue weighted by Crippen LogP contribution is -2.31. The Hall–Kier alpha value is -5.00. The van der Waals surface area contributed by atoms with Crippen molar-refractivity contribution >= 4 is 29.1 Å². The van der Waals surface area contributed by atoms with Crippen LogP contribution in [0.15, 0.2) is 96.3 Å². The summed E-state index contributed by atoms with van der Waals surface area (Å²) in [6, 6.07) is 15.0. The van der Waals surface area contributed by atoms with Gasteiger partial charge in [0.25, 0.3) is 5.91 Å². The number of amides is 1. The van der Waals surface area contributed by atoms with Gasteiger partial charge in [-0.25, -0.2) is 23.7 Å². The fourth-order valence-electron chi connectivity index (χ4n) is 4.45. The third kappa shape index (κ3) is 6.27. The molecule has 0 unspecified atom stereocenters. The lowest BCUT2D eigenvalue weighted by molar-refractivity contribution is 0.0932. The van der Waals surface area contributed by atoms with E-state index in [0.29, 0.717) is 33.3 Å². The Morgan fingerprint density at radius 1 is 0.930 bits per heavy atom. The van der Waals surface area contributed by atoms with Gasteiger partial charge in [0, 0.05) is 51.2 Å². The van der Waals surface area contributed by atoms with Crippen LogP contribution in [0, 0.1) is 11.6 Å². The molecule has 0 aliphatic carbocycles. The second kappa shape index (κ2) is 12.1. The van der Waals surface area contributed by atoms with Crippen molar-refractivity contribution in [1.29, 1.82) is 0 Å². The van der Waals surface area contributed by atoms with Gasteiger partial charge >= 0.3 is 0 Å². The molecule has 0 aliphatic heterocycles. The average molecular weight is 618 g/mol. The zero-order valence-corrected chi connectivity index (χ0v) is 23.5. The SMILES string of the molecule is O=C(N[C@@H](Cn1ccnc1)c1ccc(Cl)cc1Cl)c1ccc(-c2nnc(-c3cc(F)cc(-c4ncncc4F)c3)o2)cc1. The first kappa shape index (κ1) is 28.1. The quantitative estimate of drug-likeness (QED) is 0.199. The monoisotopic (exact) mass is 617 g/mol. The first-order valence-electron chi connectivity index (χ1n) is 12.8. The molecule has 0 radical (unpaired) electrons. The van der Waals surface area contributed by atoms with Crippen molar-refractivity contribution in [3.63, 3.8) is 0 Å². The van der Waals surface area contributed by atoms with E-state index in [9.17, 15) is 13.6 Å². The van der Waals surface area contributed by atoms with Gasteiger partial charge in [-0.2, -0.15) is 0 Å². The van der Waals surface area contributed by atoms with Crippen molar-refractivity contribution in [2.24, 2.45) is 0 Å². The van der Waals surface area contributed by atoms with Crippen LogP contribution < -0.4 is 5.32 Å². The summed E-state index contributed by atoms with van der Waals surface area (Å²) in [4.78, 5) is 24.8. The van der Waals surface area contributed by atoms with Crippen LogP contribution in [-0.4, -0.2) is 35.6 Å². The van der Waals surface area contributed by atoms with Crippen LogP contribution in [0.4, 0.5) is 8.78 Å². The standard InChI is InChI=1S/C30H19Cl2F2N7O2/c31-21-5-6-23(24(32)12-21)26(14-41-8-7-35-16-41)38-28(42)17-1-3-18(4-2-17)29-39-40-30(43-29)20-9-19(10-22(33)11-20)27-25(34)13-36-15-37-27/h1-13,15-16,26H,14H2,(H,38,42)/t26-/m0/s1. The molecule has 0 fully saturated rings. The number of nitrogens with zero attached hydrogens (tertiary/aromatic N) is 6. The van der Waals surface area contributed by atoms with Crippen molar-refractivity contribution in [2.45, 2.75) is 12.6 Å². The highest BCUT2D eigenvalue weighted by Gasteiger charge is 2.20. The summed E-state index contributed by atoms with van der Waals surface area (Å²) in [5.74, 6) is -1.50. The lowest BCUT2D eigenvalue weighted by atomic mass is 10.1. The number of benzene rings is 3. The minimum absolute atomic E-state index is 0.0224. The highest BCUT2D eigenvalue weighted by atomic mass is 35.5. The largest absolute Gasteiger partial charge is 0.416 e. The van der Waals surface area contributed by atoms with Gasteiger partial charge in [-0.1, -0.05) is 29.3 Å². The van der Waals surface area contributed by atoms with E-state index < -0.39 is 17.7 Å². The van der Waals surface area contributed by atoms with E-state index in [1.54, 1.807) is 61.2 Å². The maximum atomic E-state index is 14.4. The number of rotatable bonds is 8. The fraction of sp³-hybridized carbons (Fsp3) is 0.0667. The molecule has 3 heterocycles. The maximum Gasteiger partial charge on any atom is 0.251 e. The zero-order valence-electron chi connectivity index (χ0n) is 22.0. The number of carbonyl (C=O) groups excluding carboxylic acids is 1. The Balaban J connectivity index is 1.21. The number of halogens is 4. The van der Waals surface area contributed by atoms with Gasteiger partial charge in [0.2, 0.25) is 11.8 Å². The number of aromatic nitrogens is 6. The zero-order chi connectivity index (χ0) is 29.9. The molecule has 9 nitrogen and oxygen atoms in total. The van der Waals surface area contributed by atoms with E-state index in [0.717, 1.165) is 12.3 Å². The Bertz CT molecular complexity index is 1910. The molecule has 1 amide bonds. The third-order valence-corrected chi connectivity index (χ3v) is 7.06. The second-order valence-electron chi connectivity index (χ2n) is 9.39. The van der Waals surface area contributed by atoms with E-state index in [4.69, 9.17) is 27.6 Å². The predicted molar refractivity (Wildman–Crippen MR) is 155 cm³/mol. The predicted octanol–water partition coefficient (Wildman–Crippen LogP) is 6.81. The molecule has 3 aromatic heterocycles. The average Bonchev–Trinajstić information content (AvgIpc) is 3.70. The van der Waals surface area contributed by atoms with Crippen molar-refractivity contribution in [1.82, 2.24) is 35.0 Å². The van der Waals surface area contributed by atoms with Crippen molar-refractivity contribution in [2.75, 3.05) is 0 Å². The van der Waals surface area contributed by atoms with Gasteiger partial charge in [0.1, 0.15) is 17.8 Å². The van der Waals surface area contributed by atoms with Crippen LogP contribution in [0.5, 0.6) is 0 Å². The third-order valence-electron chi connectivity index (χ3n) is 6.50. The van der Waals surface area contributed by atoms with Crippen LogP contribution >= 0.6 is 23.2 Å². The van der Waals surface area contributed by atoms with Crippen molar-refractivity contribution in [3.8, 4) is 34.2 Å². The molecule has 43 heavy (non-hydrogen) atoms. The molecular formula is C30H19Cl2F2N7O2. The molecule has 214 valence electrons. The molecule has 0 aliphatic rings. The Labute approximate surface area is 253 Å². The maximum absolute atomic E-state index is 14.4. The molecule has 6 aromatic rings. The van der Waals surface area contributed by atoms with E-state index in [-0.39, 0.29) is 34.5 Å². The molecular weight excluding hydrogens is 599 g/mol. The smallest absolute Gasteiger partial charge is 0.251 e. The van der Waals surface area contributed by atoms with Crippen LogP contribution in [0.25, 0.3) is 34.2 Å². The Morgan fingerprint density at radius 3 is 2.42 bits per heavy atom. The summed E-state index contributed by atoms with van der Waals surface area (Å²) in [5.41, 5.74) is 1.99. The summed E-state index contributed by atoms with van der Waals surface area (Å²) >= 11 is 12.5. The van der Waals surface area contributed by atoms with Crippen LogP contribution in [0.3, 0.4) is 0 Å². The Morgan fingerprint density at radius 2 is 1.70 bits per heavy atom. The molecule has 3 aromatic carbocycles. The van der Waals surface area contributed by atoms with Gasteiger partial charge in [-0.05, 0) is 60.2 Å². The first-order valence-corrected chi connectivity index (χ1v) is 13.5. The lowest BCUT2D eigenvalue weighted by Gasteiger charge is -2.21. The summed E-state index contributed by atoms with van der Waals surface area (Å²) in [7, 11) is 0. The molecule has 13 heteroatoms. The van der Waals surface area contributed by atoms with Gasteiger partial charge in [0.05, 0.1) is 18.6 Å². The minimum atomic E-state index is -0.696. The topological polar surface area (TPSA) is 112 Å². The number of imidazole rings is 1. The molecule has 0 saturated carbocycles. The Kier molecular flexibility index (Phi) is 7.91. The molecule has 6 rings (SSSR count). The number of hydrogen-bond donors (Lipinski definition) is 1.